The van der Waals surface area contributed by atoms with Crippen molar-refractivity contribution in [3.63, 3.8) is 0 Å². The Morgan fingerprint density at radius 3 is 2.65 bits per heavy atom. The van der Waals surface area contributed by atoms with Gasteiger partial charge in [0, 0.05) is 57.8 Å². The summed E-state index contributed by atoms with van der Waals surface area (Å²) in [6.45, 7) is 6.52. The molecule has 1 atom stereocenters. The third-order valence-electron chi connectivity index (χ3n) is 4.89. The highest BCUT2D eigenvalue weighted by Gasteiger charge is 2.38. The number of methoxy groups -OCH3 is 1. The van der Waals surface area contributed by atoms with E-state index in [1.807, 2.05) is 0 Å². The van der Waals surface area contributed by atoms with E-state index in [1.54, 1.807) is 6.92 Å². The van der Waals surface area contributed by atoms with Crippen molar-refractivity contribution in [1.82, 2.24) is 14.5 Å². The summed E-state index contributed by atoms with van der Waals surface area (Å²) in [5.74, 6) is -0.446. The molecule has 1 unspecified atom stereocenters. The van der Waals surface area contributed by atoms with Gasteiger partial charge in [0.25, 0.3) is 0 Å². The lowest BCUT2D eigenvalue weighted by molar-refractivity contribution is 0.0563. The summed E-state index contributed by atoms with van der Waals surface area (Å²) in [5, 5.41) is 3.31. The number of furan rings is 1. The van der Waals surface area contributed by atoms with Crippen LogP contribution in [0, 0.1) is 0 Å². The van der Waals surface area contributed by atoms with Crippen LogP contribution >= 0.6 is 12.4 Å². The Labute approximate surface area is 160 Å². The Hall–Kier alpha value is -1.13. The van der Waals surface area contributed by atoms with Crippen LogP contribution in [0.2, 0.25) is 0 Å². The second-order valence-corrected chi connectivity index (χ2v) is 8.24. The molecule has 2 saturated heterocycles. The van der Waals surface area contributed by atoms with Crippen molar-refractivity contribution in [3.8, 4) is 0 Å². The third kappa shape index (κ3) is 4.07. The smallest absolute Gasteiger partial charge is 0.373 e. The molecule has 0 aromatic carbocycles. The summed E-state index contributed by atoms with van der Waals surface area (Å²) in [6, 6.07) is 1.53. The molecule has 0 aliphatic carbocycles. The highest BCUT2D eigenvalue weighted by Crippen LogP contribution is 2.29. The highest BCUT2D eigenvalue weighted by molar-refractivity contribution is 7.89. The molecule has 0 spiro atoms. The van der Waals surface area contributed by atoms with Crippen LogP contribution in [-0.4, -0.2) is 76.0 Å². The van der Waals surface area contributed by atoms with Crippen molar-refractivity contribution in [2.45, 2.75) is 30.7 Å². The Morgan fingerprint density at radius 2 is 2.04 bits per heavy atom. The average molecular weight is 408 g/mol. The van der Waals surface area contributed by atoms with Gasteiger partial charge in [-0.25, -0.2) is 13.2 Å². The molecule has 2 aliphatic heterocycles. The fourth-order valence-electron chi connectivity index (χ4n) is 3.49. The number of hydrogen-bond acceptors (Lipinski definition) is 7. The first-order valence-corrected chi connectivity index (χ1v) is 10.1. The lowest BCUT2D eigenvalue weighted by Crippen LogP contribution is -2.49. The minimum Gasteiger partial charge on any atom is -0.463 e. The van der Waals surface area contributed by atoms with Gasteiger partial charge in [0.1, 0.15) is 10.7 Å². The Kier molecular flexibility index (Phi) is 7.09. The van der Waals surface area contributed by atoms with Gasteiger partial charge in [-0.3, -0.25) is 4.90 Å². The SMILES string of the molecule is CCc1oc(C(=O)OC)cc1S(=O)(=O)N1CCC(N2CCNCC2)C1.Cl. The predicted molar refractivity (Wildman–Crippen MR) is 98.3 cm³/mol. The van der Waals surface area contributed by atoms with Crippen LogP contribution in [0.3, 0.4) is 0 Å². The lowest BCUT2D eigenvalue weighted by Gasteiger charge is -2.32. The van der Waals surface area contributed by atoms with Gasteiger partial charge < -0.3 is 14.5 Å². The van der Waals surface area contributed by atoms with Crippen molar-refractivity contribution < 1.29 is 22.4 Å². The second-order valence-electron chi connectivity index (χ2n) is 6.33. The Morgan fingerprint density at radius 1 is 1.35 bits per heavy atom. The largest absolute Gasteiger partial charge is 0.463 e. The zero-order valence-electron chi connectivity index (χ0n) is 15.1. The predicted octanol–water partition coefficient (Wildman–Crippen LogP) is 0.719. The molecule has 0 amide bonds. The molecule has 1 aromatic rings. The maximum Gasteiger partial charge on any atom is 0.373 e. The number of carbonyl (C=O) groups excluding carboxylic acids is 1. The summed E-state index contributed by atoms with van der Waals surface area (Å²) in [5.41, 5.74) is 0. The van der Waals surface area contributed by atoms with Crippen LogP contribution in [0.4, 0.5) is 0 Å². The zero-order valence-corrected chi connectivity index (χ0v) is 16.7. The molecule has 1 N–H and O–H groups in total. The lowest BCUT2D eigenvalue weighted by atomic mass is 10.2. The van der Waals surface area contributed by atoms with Gasteiger partial charge in [-0.05, 0) is 6.42 Å². The molecule has 8 nitrogen and oxygen atoms in total. The Bertz CT molecular complexity index is 730. The summed E-state index contributed by atoms with van der Waals surface area (Å²) >= 11 is 0. The van der Waals surface area contributed by atoms with Crippen LogP contribution in [0.5, 0.6) is 0 Å². The average Bonchev–Trinajstić information content (AvgIpc) is 3.29. The molecule has 10 heteroatoms. The van der Waals surface area contributed by atoms with Crippen molar-refractivity contribution in [2.24, 2.45) is 0 Å². The summed E-state index contributed by atoms with van der Waals surface area (Å²) in [7, 11) is -2.45. The summed E-state index contributed by atoms with van der Waals surface area (Å²) in [6.07, 6.45) is 1.21. The van der Waals surface area contributed by atoms with E-state index in [0.717, 1.165) is 32.6 Å². The van der Waals surface area contributed by atoms with Crippen molar-refractivity contribution in [2.75, 3.05) is 46.4 Å². The number of esters is 1. The maximum absolute atomic E-state index is 13.0. The molecule has 1 aromatic heterocycles. The standard InChI is InChI=1S/C16H25N3O5S.ClH/c1-3-13-15(10-14(24-13)16(20)23-2)25(21,22)19-7-4-12(11-19)18-8-5-17-6-9-18;/h10,12,17H,3-9,11H2,1-2H3;1H. The molecule has 26 heavy (non-hydrogen) atoms. The molecule has 2 aliphatic rings. The number of hydrogen-bond donors (Lipinski definition) is 1. The minimum absolute atomic E-state index is 0. The zero-order chi connectivity index (χ0) is 18.0. The second kappa shape index (κ2) is 8.71. The number of rotatable bonds is 5. The van der Waals surface area contributed by atoms with E-state index in [4.69, 9.17) is 4.42 Å². The van der Waals surface area contributed by atoms with Crippen molar-refractivity contribution >= 4 is 28.4 Å². The van der Waals surface area contributed by atoms with Crippen LogP contribution in [-0.2, 0) is 21.2 Å². The first-order chi connectivity index (χ1) is 12.0. The number of nitrogens with zero attached hydrogens (tertiary/aromatic N) is 2. The molecule has 3 rings (SSSR count). The fraction of sp³-hybridized carbons (Fsp3) is 0.688. The molecular weight excluding hydrogens is 382 g/mol. The molecular formula is C16H26ClN3O5S. The number of halogens is 1. The molecule has 2 fully saturated rings. The van der Waals surface area contributed by atoms with E-state index < -0.39 is 16.0 Å². The molecule has 0 saturated carbocycles. The topological polar surface area (TPSA) is 92.1 Å². The first-order valence-electron chi connectivity index (χ1n) is 8.63. The van der Waals surface area contributed by atoms with Crippen LogP contribution < -0.4 is 5.32 Å². The molecule has 3 heterocycles. The monoisotopic (exact) mass is 407 g/mol. The number of piperazine rings is 1. The third-order valence-corrected chi connectivity index (χ3v) is 6.80. The number of ether oxygens (including phenoxy) is 1. The summed E-state index contributed by atoms with van der Waals surface area (Å²) < 4.78 is 37.6. The van der Waals surface area contributed by atoms with E-state index in [1.165, 1.54) is 17.5 Å². The first kappa shape index (κ1) is 21.2. The highest BCUT2D eigenvalue weighted by atomic mass is 35.5. The quantitative estimate of drug-likeness (QED) is 0.719. The van der Waals surface area contributed by atoms with Crippen LogP contribution in [0.1, 0.15) is 29.7 Å². The van der Waals surface area contributed by atoms with E-state index in [2.05, 4.69) is 15.0 Å². The van der Waals surface area contributed by atoms with Gasteiger partial charge in [0.15, 0.2) is 0 Å². The van der Waals surface area contributed by atoms with Crippen molar-refractivity contribution in [3.05, 3.63) is 17.6 Å². The normalized spacial score (nSPS) is 22.2. The maximum atomic E-state index is 13.0. The van der Waals surface area contributed by atoms with Gasteiger partial charge in [-0.15, -0.1) is 12.4 Å². The van der Waals surface area contributed by atoms with Gasteiger partial charge in [-0.2, -0.15) is 4.31 Å². The molecule has 148 valence electrons. The van der Waals surface area contributed by atoms with Crippen LogP contribution in [0.15, 0.2) is 15.4 Å². The molecule has 0 radical (unpaired) electrons. The van der Waals surface area contributed by atoms with E-state index in [9.17, 15) is 13.2 Å². The van der Waals surface area contributed by atoms with Gasteiger partial charge in [0.2, 0.25) is 15.8 Å². The summed E-state index contributed by atoms with van der Waals surface area (Å²) in [4.78, 5) is 14.1. The van der Waals surface area contributed by atoms with E-state index >= 15 is 0 Å². The number of nitrogens with one attached hydrogen (secondary N) is 1. The number of aryl methyl sites for hydroxylation is 1. The fourth-order valence-corrected chi connectivity index (χ4v) is 5.21. The van der Waals surface area contributed by atoms with Gasteiger partial charge in [-0.1, -0.05) is 6.92 Å². The van der Waals surface area contributed by atoms with E-state index in [-0.39, 0.29) is 29.1 Å². The minimum atomic E-state index is -3.68. The van der Waals surface area contributed by atoms with Gasteiger partial charge in [0.05, 0.1) is 7.11 Å². The number of sulfonamides is 1. The van der Waals surface area contributed by atoms with Crippen molar-refractivity contribution in [1.29, 1.82) is 0 Å². The van der Waals surface area contributed by atoms with E-state index in [0.29, 0.717) is 25.3 Å². The Balaban J connectivity index is 0.00000243. The molecule has 0 bridgehead atoms. The number of carbonyl (C=O) groups is 1. The van der Waals surface area contributed by atoms with Gasteiger partial charge >= 0.3 is 5.97 Å². The van der Waals surface area contributed by atoms with Crippen LogP contribution in [0.25, 0.3) is 0 Å².